The molecule has 1 amide bonds. The lowest BCUT2D eigenvalue weighted by atomic mass is 10.1. The molecule has 1 fully saturated rings. The Morgan fingerprint density at radius 3 is 2.68 bits per heavy atom. The molecule has 19 heavy (non-hydrogen) atoms. The highest BCUT2D eigenvalue weighted by molar-refractivity contribution is 7.89. The van der Waals surface area contributed by atoms with Crippen LogP contribution in [0.3, 0.4) is 0 Å². The molecule has 2 rings (SSSR count). The Bertz CT molecular complexity index is 676. The summed E-state index contributed by atoms with van der Waals surface area (Å²) in [7, 11) is -3.73. The molecule has 1 heterocycles. The van der Waals surface area contributed by atoms with Crippen molar-refractivity contribution in [3.8, 4) is 6.07 Å². The van der Waals surface area contributed by atoms with Crippen molar-refractivity contribution in [1.29, 1.82) is 5.26 Å². The number of benzene rings is 1. The first-order chi connectivity index (χ1) is 8.82. The Balaban J connectivity index is 2.39. The third-order valence-corrected chi connectivity index (χ3v) is 4.43. The number of hydrogen-bond acceptors (Lipinski definition) is 4. The van der Waals surface area contributed by atoms with Gasteiger partial charge in [0.2, 0.25) is 15.9 Å². The molecule has 6 nitrogen and oxygen atoms in total. The second-order valence-corrected chi connectivity index (χ2v) is 6.38. The summed E-state index contributed by atoms with van der Waals surface area (Å²) in [6.45, 7) is 1.83. The second-order valence-electron chi connectivity index (χ2n) is 4.53. The van der Waals surface area contributed by atoms with Crippen molar-refractivity contribution in [3.05, 3.63) is 29.3 Å². The number of nitriles is 1. The smallest absolute Gasteiger partial charge is 0.228 e. The fourth-order valence-electron chi connectivity index (χ4n) is 2.10. The first kappa shape index (κ1) is 13.5. The van der Waals surface area contributed by atoms with Gasteiger partial charge in [-0.1, -0.05) is 6.07 Å². The molecule has 0 spiro atoms. The number of anilines is 1. The van der Waals surface area contributed by atoms with Crippen molar-refractivity contribution in [1.82, 2.24) is 0 Å². The van der Waals surface area contributed by atoms with Gasteiger partial charge in [0.15, 0.2) is 0 Å². The van der Waals surface area contributed by atoms with E-state index in [4.69, 9.17) is 10.4 Å². The van der Waals surface area contributed by atoms with Crippen LogP contribution in [0.1, 0.15) is 17.5 Å². The molecule has 0 bridgehead atoms. The summed E-state index contributed by atoms with van der Waals surface area (Å²) in [5.41, 5.74) is 1.80. The summed E-state index contributed by atoms with van der Waals surface area (Å²) in [5.74, 6) is -0.294. The lowest BCUT2D eigenvalue weighted by Gasteiger charge is -2.19. The van der Waals surface area contributed by atoms with Crippen molar-refractivity contribution in [2.24, 2.45) is 5.14 Å². The molecule has 1 aliphatic heterocycles. The normalized spacial score (nSPS) is 19.5. The molecular weight excluding hydrogens is 266 g/mol. The highest BCUT2D eigenvalue weighted by atomic mass is 32.2. The molecule has 1 atom stereocenters. The number of amides is 1. The number of aryl methyl sites for hydroxylation is 1. The van der Waals surface area contributed by atoms with Gasteiger partial charge in [0, 0.05) is 18.7 Å². The highest BCUT2D eigenvalue weighted by Gasteiger charge is 2.37. The van der Waals surface area contributed by atoms with Crippen LogP contribution in [0.5, 0.6) is 0 Å². The van der Waals surface area contributed by atoms with E-state index in [-0.39, 0.29) is 18.9 Å². The summed E-state index contributed by atoms with van der Waals surface area (Å²) < 4.78 is 22.6. The first-order valence-electron chi connectivity index (χ1n) is 5.65. The van der Waals surface area contributed by atoms with Gasteiger partial charge in [0.05, 0.1) is 11.6 Å². The number of nitrogens with zero attached hydrogens (tertiary/aromatic N) is 2. The van der Waals surface area contributed by atoms with Gasteiger partial charge in [-0.05, 0) is 24.6 Å². The van der Waals surface area contributed by atoms with Gasteiger partial charge in [0.25, 0.3) is 0 Å². The van der Waals surface area contributed by atoms with E-state index < -0.39 is 15.3 Å². The zero-order chi connectivity index (χ0) is 14.2. The van der Waals surface area contributed by atoms with Gasteiger partial charge in [-0.25, -0.2) is 13.6 Å². The predicted molar refractivity (Wildman–Crippen MR) is 69.8 cm³/mol. The fraction of sp³-hybridized carbons (Fsp3) is 0.333. The molecule has 7 heteroatoms. The van der Waals surface area contributed by atoms with Crippen molar-refractivity contribution in [2.75, 3.05) is 11.4 Å². The number of hydrogen-bond donors (Lipinski definition) is 1. The van der Waals surface area contributed by atoms with Crippen molar-refractivity contribution >= 4 is 21.6 Å². The molecule has 1 aromatic rings. The number of primary sulfonamides is 1. The van der Waals surface area contributed by atoms with Gasteiger partial charge in [-0.3, -0.25) is 4.79 Å². The lowest BCUT2D eigenvalue weighted by Crippen LogP contribution is -2.32. The molecule has 1 saturated heterocycles. The molecule has 1 aromatic carbocycles. The topological polar surface area (TPSA) is 104 Å². The Hall–Kier alpha value is -1.91. The molecule has 100 valence electrons. The molecule has 1 aliphatic rings. The van der Waals surface area contributed by atoms with Crippen molar-refractivity contribution < 1.29 is 13.2 Å². The van der Waals surface area contributed by atoms with Crippen LogP contribution >= 0.6 is 0 Å². The van der Waals surface area contributed by atoms with Crippen LogP contribution in [-0.4, -0.2) is 26.1 Å². The molecule has 0 aliphatic carbocycles. The van der Waals surface area contributed by atoms with Crippen LogP contribution in [0.25, 0.3) is 0 Å². The van der Waals surface area contributed by atoms with Crippen molar-refractivity contribution in [2.45, 2.75) is 18.6 Å². The number of nitrogens with two attached hydrogens (primary N) is 1. The van der Waals surface area contributed by atoms with E-state index in [0.717, 1.165) is 5.56 Å². The minimum atomic E-state index is -3.73. The first-order valence-corrected chi connectivity index (χ1v) is 7.26. The van der Waals surface area contributed by atoms with Gasteiger partial charge < -0.3 is 4.90 Å². The maximum atomic E-state index is 11.9. The van der Waals surface area contributed by atoms with E-state index in [0.29, 0.717) is 11.3 Å². The Morgan fingerprint density at radius 2 is 2.16 bits per heavy atom. The summed E-state index contributed by atoms with van der Waals surface area (Å²) in [5, 5.41) is 13.1. The fourth-order valence-corrected chi connectivity index (χ4v) is 2.83. The summed E-state index contributed by atoms with van der Waals surface area (Å²) in [6.07, 6.45) is -0.116. The van der Waals surface area contributed by atoms with Crippen LogP contribution in [0.2, 0.25) is 0 Å². The minimum Gasteiger partial charge on any atom is -0.311 e. The van der Waals surface area contributed by atoms with Gasteiger partial charge >= 0.3 is 0 Å². The zero-order valence-electron chi connectivity index (χ0n) is 10.3. The van der Waals surface area contributed by atoms with E-state index in [1.165, 1.54) is 4.90 Å². The van der Waals surface area contributed by atoms with Gasteiger partial charge in [0.1, 0.15) is 5.25 Å². The summed E-state index contributed by atoms with van der Waals surface area (Å²) in [4.78, 5) is 13.3. The number of carbonyl (C=O) groups excluding carboxylic acids is 1. The molecule has 1 unspecified atom stereocenters. The monoisotopic (exact) mass is 279 g/mol. The van der Waals surface area contributed by atoms with E-state index in [1.54, 1.807) is 25.1 Å². The minimum absolute atomic E-state index is 0.0351. The maximum Gasteiger partial charge on any atom is 0.228 e. The zero-order valence-corrected chi connectivity index (χ0v) is 11.1. The molecule has 0 saturated carbocycles. The average molecular weight is 279 g/mol. The second kappa shape index (κ2) is 4.64. The number of rotatable bonds is 2. The molecule has 0 radical (unpaired) electrons. The van der Waals surface area contributed by atoms with E-state index in [9.17, 15) is 13.2 Å². The van der Waals surface area contributed by atoms with Gasteiger partial charge in [-0.15, -0.1) is 0 Å². The van der Waals surface area contributed by atoms with E-state index in [2.05, 4.69) is 0 Å². The van der Waals surface area contributed by atoms with Crippen LogP contribution in [0.4, 0.5) is 5.69 Å². The molecule has 2 N–H and O–H groups in total. The quantitative estimate of drug-likeness (QED) is 0.838. The Labute approximate surface area is 111 Å². The SMILES string of the molecule is Cc1ccc(C#N)cc1N1CC(S(N)(=O)=O)CC1=O. The summed E-state index contributed by atoms with van der Waals surface area (Å²) in [6, 6.07) is 6.95. The van der Waals surface area contributed by atoms with Crippen molar-refractivity contribution in [3.63, 3.8) is 0 Å². The van der Waals surface area contributed by atoms with Crippen LogP contribution in [0, 0.1) is 18.3 Å². The Kier molecular flexibility index (Phi) is 3.30. The Morgan fingerprint density at radius 1 is 1.47 bits per heavy atom. The average Bonchev–Trinajstić information content (AvgIpc) is 2.72. The lowest BCUT2D eigenvalue weighted by molar-refractivity contribution is -0.117. The van der Waals surface area contributed by atoms with E-state index in [1.807, 2.05) is 6.07 Å². The van der Waals surface area contributed by atoms with Crippen LogP contribution in [-0.2, 0) is 14.8 Å². The predicted octanol–water partition coefficient (Wildman–Crippen LogP) is 0.261. The number of sulfonamides is 1. The van der Waals surface area contributed by atoms with Crippen LogP contribution < -0.4 is 10.0 Å². The maximum absolute atomic E-state index is 11.9. The molecule has 0 aromatic heterocycles. The van der Waals surface area contributed by atoms with Gasteiger partial charge in [-0.2, -0.15) is 5.26 Å². The highest BCUT2D eigenvalue weighted by Crippen LogP contribution is 2.28. The standard InChI is InChI=1S/C12H13N3O3S/c1-8-2-3-9(6-13)4-11(8)15-7-10(5-12(15)16)19(14,17)18/h2-4,10H,5,7H2,1H3,(H2,14,17,18). The summed E-state index contributed by atoms with van der Waals surface area (Å²) >= 11 is 0. The molecular formula is C12H13N3O3S. The largest absolute Gasteiger partial charge is 0.311 e. The van der Waals surface area contributed by atoms with E-state index >= 15 is 0 Å². The third-order valence-electron chi connectivity index (χ3n) is 3.18. The van der Waals surface area contributed by atoms with Crippen LogP contribution in [0.15, 0.2) is 18.2 Å². The third kappa shape index (κ3) is 2.59. The number of carbonyl (C=O) groups is 1.